The van der Waals surface area contributed by atoms with Crippen molar-refractivity contribution in [3.05, 3.63) is 5.82 Å². The van der Waals surface area contributed by atoms with E-state index in [0.717, 1.165) is 16.3 Å². The summed E-state index contributed by atoms with van der Waals surface area (Å²) in [7, 11) is -1.95. The largest absolute Gasteiger partial charge is 0.451 e. The van der Waals surface area contributed by atoms with Crippen LogP contribution in [0.2, 0.25) is 0 Å². The molecule has 2 heterocycles. The fraction of sp³-hybridized carbons (Fsp3) is 0.727. The standard InChI is InChI=1S/C11H15F3N4O3S2/c1-6(8(19)15-7-3-4-23(20,21)5-7)22-10-17-16-9(18(10)2)11(12,13)14/h6-7H,3-5H2,1-2H3,(H,15,19)/t6-,7+/m0/s1. The van der Waals surface area contributed by atoms with Crippen LogP contribution < -0.4 is 5.32 Å². The van der Waals surface area contributed by atoms with E-state index in [0.29, 0.717) is 6.42 Å². The van der Waals surface area contributed by atoms with Crippen LogP contribution in [0.15, 0.2) is 5.16 Å². The highest BCUT2D eigenvalue weighted by Crippen LogP contribution is 2.30. The van der Waals surface area contributed by atoms with E-state index in [2.05, 4.69) is 15.5 Å². The third-order valence-corrected chi connectivity index (χ3v) is 6.22. The maximum atomic E-state index is 12.6. The highest BCUT2D eigenvalue weighted by atomic mass is 32.2. The second kappa shape index (κ2) is 6.30. The van der Waals surface area contributed by atoms with Crippen molar-refractivity contribution in [1.82, 2.24) is 20.1 Å². The van der Waals surface area contributed by atoms with Gasteiger partial charge in [0.2, 0.25) is 11.7 Å². The second-order valence-electron chi connectivity index (χ2n) is 5.23. The second-order valence-corrected chi connectivity index (χ2v) is 8.77. The van der Waals surface area contributed by atoms with E-state index >= 15 is 0 Å². The van der Waals surface area contributed by atoms with Gasteiger partial charge in [-0.2, -0.15) is 13.2 Å². The number of halogens is 3. The molecule has 0 saturated carbocycles. The quantitative estimate of drug-likeness (QED) is 0.779. The summed E-state index contributed by atoms with van der Waals surface area (Å²) in [5, 5.41) is 8.33. The number of alkyl halides is 3. The van der Waals surface area contributed by atoms with Crippen molar-refractivity contribution in [2.75, 3.05) is 11.5 Å². The molecule has 0 aromatic carbocycles. The van der Waals surface area contributed by atoms with Gasteiger partial charge < -0.3 is 9.88 Å². The Morgan fingerprint density at radius 3 is 2.57 bits per heavy atom. The first kappa shape index (κ1) is 18.0. The van der Waals surface area contributed by atoms with Crippen LogP contribution in [0.4, 0.5) is 13.2 Å². The molecular formula is C11H15F3N4O3S2. The van der Waals surface area contributed by atoms with Crippen molar-refractivity contribution in [1.29, 1.82) is 0 Å². The van der Waals surface area contributed by atoms with Crippen molar-refractivity contribution in [2.24, 2.45) is 7.05 Å². The molecule has 2 atom stereocenters. The van der Waals surface area contributed by atoms with E-state index in [4.69, 9.17) is 0 Å². The maximum Gasteiger partial charge on any atom is 0.451 e. The molecule has 7 nitrogen and oxygen atoms in total. The van der Waals surface area contributed by atoms with Crippen molar-refractivity contribution in [3.8, 4) is 0 Å². The van der Waals surface area contributed by atoms with E-state index in [1.54, 1.807) is 0 Å². The molecule has 1 saturated heterocycles. The van der Waals surface area contributed by atoms with Crippen LogP contribution >= 0.6 is 11.8 Å². The Hall–Kier alpha value is -1.30. The lowest BCUT2D eigenvalue weighted by Gasteiger charge is -2.15. The van der Waals surface area contributed by atoms with Gasteiger partial charge in [0, 0.05) is 13.1 Å². The molecule has 0 aliphatic carbocycles. The molecule has 130 valence electrons. The zero-order chi connectivity index (χ0) is 17.4. The fourth-order valence-corrected chi connectivity index (χ4v) is 4.60. The number of nitrogens with zero attached hydrogens (tertiary/aromatic N) is 3. The average Bonchev–Trinajstić information content (AvgIpc) is 2.92. The summed E-state index contributed by atoms with van der Waals surface area (Å²) in [6.45, 7) is 1.51. The van der Waals surface area contributed by atoms with E-state index in [-0.39, 0.29) is 16.7 Å². The van der Waals surface area contributed by atoms with Gasteiger partial charge in [-0.3, -0.25) is 4.79 Å². The highest BCUT2D eigenvalue weighted by molar-refractivity contribution is 8.00. The van der Waals surface area contributed by atoms with E-state index in [1.165, 1.54) is 14.0 Å². The van der Waals surface area contributed by atoms with Gasteiger partial charge in [-0.15, -0.1) is 10.2 Å². The van der Waals surface area contributed by atoms with Crippen LogP contribution in [0.25, 0.3) is 0 Å². The van der Waals surface area contributed by atoms with Crippen molar-refractivity contribution in [3.63, 3.8) is 0 Å². The van der Waals surface area contributed by atoms with Gasteiger partial charge in [0.1, 0.15) is 0 Å². The van der Waals surface area contributed by atoms with Gasteiger partial charge in [0.05, 0.1) is 16.8 Å². The maximum absolute atomic E-state index is 12.6. The monoisotopic (exact) mass is 372 g/mol. The van der Waals surface area contributed by atoms with Gasteiger partial charge in [-0.25, -0.2) is 8.42 Å². The molecular weight excluding hydrogens is 357 g/mol. The lowest BCUT2D eigenvalue weighted by molar-refractivity contribution is -0.147. The number of sulfone groups is 1. The van der Waals surface area contributed by atoms with E-state index < -0.39 is 39.0 Å². The zero-order valence-electron chi connectivity index (χ0n) is 12.3. The number of rotatable bonds is 4. The number of hydrogen-bond donors (Lipinski definition) is 1. The Bertz CT molecular complexity index is 702. The highest BCUT2D eigenvalue weighted by Gasteiger charge is 2.38. The van der Waals surface area contributed by atoms with Crippen LogP contribution in [0.1, 0.15) is 19.2 Å². The lowest BCUT2D eigenvalue weighted by atomic mass is 10.2. The molecule has 12 heteroatoms. The van der Waals surface area contributed by atoms with Crippen LogP contribution in [0.5, 0.6) is 0 Å². The predicted molar refractivity (Wildman–Crippen MR) is 76.5 cm³/mol. The Balaban J connectivity index is 1.98. The Labute approximate surface area is 134 Å². The minimum Gasteiger partial charge on any atom is -0.351 e. The molecule has 0 radical (unpaired) electrons. The molecule has 1 N–H and O–H groups in total. The number of thioether (sulfide) groups is 1. The van der Waals surface area contributed by atoms with Gasteiger partial charge >= 0.3 is 6.18 Å². The van der Waals surface area contributed by atoms with Gasteiger partial charge in [-0.1, -0.05) is 11.8 Å². The number of carbonyl (C=O) groups excluding carboxylic acids is 1. The Morgan fingerprint density at radius 2 is 2.09 bits per heavy atom. The number of amides is 1. The minimum atomic E-state index is -4.62. The molecule has 2 rings (SSSR count). The van der Waals surface area contributed by atoms with E-state index in [1.807, 2.05) is 0 Å². The molecule has 1 aromatic rings. The smallest absolute Gasteiger partial charge is 0.351 e. The van der Waals surface area contributed by atoms with Crippen molar-refractivity contribution >= 4 is 27.5 Å². The van der Waals surface area contributed by atoms with Crippen molar-refractivity contribution < 1.29 is 26.4 Å². The van der Waals surface area contributed by atoms with Gasteiger partial charge in [0.15, 0.2) is 15.0 Å². The summed E-state index contributed by atoms with van der Waals surface area (Å²) in [5.74, 6) is -1.68. The van der Waals surface area contributed by atoms with Gasteiger partial charge in [0.25, 0.3) is 0 Å². The van der Waals surface area contributed by atoms with Crippen LogP contribution in [-0.4, -0.2) is 51.9 Å². The third kappa shape index (κ3) is 4.37. The van der Waals surface area contributed by atoms with Crippen LogP contribution in [0.3, 0.4) is 0 Å². The summed E-state index contributed by atoms with van der Waals surface area (Å²) in [6.07, 6.45) is -4.28. The molecule has 0 spiro atoms. The summed E-state index contributed by atoms with van der Waals surface area (Å²) < 4.78 is 61.4. The van der Waals surface area contributed by atoms with E-state index in [9.17, 15) is 26.4 Å². The third-order valence-electron chi connectivity index (χ3n) is 3.32. The summed E-state index contributed by atoms with van der Waals surface area (Å²) in [6, 6.07) is -0.458. The molecule has 1 amide bonds. The molecule has 0 bridgehead atoms. The molecule has 1 fully saturated rings. The first-order chi connectivity index (χ1) is 10.5. The van der Waals surface area contributed by atoms with Crippen molar-refractivity contribution in [2.45, 2.75) is 36.0 Å². The SMILES string of the molecule is C[C@H](Sc1nnc(C(F)(F)F)n1C)C(=O)N[C@@H]1CCS(=O)(=O)C1. The zero-order valence-corrected chi connectivity index (χ0v) is 13.9. The fourth-order valence-electron chi connectivity index (χ4n) is 2.10. The minimum absolute atomic E-state index is 0.0255. The normalized spacial score (nSPS) is 22.0. The number of hydrogen-bond acceptors (Lipinski definition) is 6. The number of carbonyl (C=O) groups is 1. The molecule has 1 aromatic heterocycles. The number of nitrogens with one attached hydrogen (secondary N) is 1. The summed E-state index contributed by atoms with van der Waals surface area (Å²) in [5.41, 5.74) is 0. The Morgan fingerprint density at radius 1 is 1.43 bits per heavy atom. The predicted octanol–water partition coefficient (Wildman–Crippen LogP) is 0.618. The first-order valence-electron chi connectivity index (χ1n) is 6.63. The lowest BCUT2D eigenvalue weighted by Crippen LogP contribution is -2.40. The molecule has 1 aliphatic heterocycles. The molecule has 1 aliphatic rings. The summed E-state index contributed by atoms with van der Waals surface area (Å²) in [4.78, 5) is 12.0. The van der Waals surface area contributed by atoms with Gasteiger partial charge in [-0.05, 0) is 13.3 Å². The average molecular weight is 372 g/mol. The Kier molecular flexibility index (Phi) is 4.95. The van der Waals surface area contributed by atoms with Crippen LogP contribution in [0, 0.1) is 0 Å². The topological polar surface area (TPSA) is 93.9 Å². The van der Waals surface area contributed by atoms with Crippen LogP contribution in [-0.2, 0) is 27.9 Å². The molecule has 0 unspecified atom stereocenters. The number of aromatic nitrogens is 3. The first-order valence-corrected chi connectivity index (χ1v) is 9.34. The summed E-state index contributed by atoms with van der Waals surface area (Å²) >= 11 is 0.826. The molecule has 23 heavy (non-hydrogen) atoms.